The predicted molar refractivity (Wildman–Crippen MR) is 79.6 cm³/mol. The number of nitrogens with zero attached hydrogens (tertiary/aromatic N) is 2. The van der Waals surface area contributed by atoms with Gasteiger partial charge in [-0.25, -0.2) is 0 Å². The minimum Gasteiger partial charge on any atom is -0.822 e. The standard InChI is InChI=1S/2C4H9N3O2.2H3O4P.3Zn/c2*1-7(4(5)6)2-3(8)9;2*1-5(2,3)4;;;/h2*2H2,1H3,(H3,5,6)(H,8,9);2*(H3,1,2,3,4);;;/q;;;;3*+2/p-6. The molecule has 0 unspecified atom stereocenters. The molecule has 0 saturated heterocycles. The van der Waals surface area contributed by atoms with Crippen molar-refractivity contribution in [1.29, 1.82) is 10.8 Å². The second-order valence-electron chi connectivity index (χ2n) is 4.16. The molecule has 0 saturated carbocycles. The number of phosphoric acid groups is 2. The summed E-state index contributed by atoms with van der Waals surface area (Å²) in [6.07, 6.45) is 0. The van der Waals surface area contributed by atoms with Crippen molar-refractivity contribution in [2.24, 2.45) is 11.5 Å². The van der Waals surface area contributed by atoms with Crippen LogP contribution in [0, 0.1) is 10.8 Å². The molecular formula is C8H18N6O12P2Zn3. The predicted octanol–water partition coefficient (Wildman–Crippen LogP) is -7.86. The minimum atomic E-state index is -5.39. The summed E-state index contributed by atoms with van der Waals surface area (Å²) in [5, 5.41) is 29.7. The summed E-state index contributed by atoms with van der Waals surface area (Å²) in [5.41, 5.74) is 9.86. The molecule has 0 radical (unpaired) electrons. The van der Waals surface area contributed by atoms with E-state index in [1.807, 2.05) is 0 Å². The smallest absolute Gasteiger partial charge is 0.822 e. The molecule has 0 bridgehead atoms. The first-order valence-corrected chi connectivity index (χ1v) is 9.00. The van der Waals surface area contributed by atoms with Gasteiger partial charge in [-0.05, 0) is 0 Å². The molecule has 0 atom stereocenters. The molecule has 168 valence electrons. The van der Waals surface area contributed by atoms with Crippen molar-refractivity contribution in [3.63, 3.8) is 0 Å². The molecule has 0 rings (SSSR count). The summed E-state index contributed by atoms with van der Waals surface area (Å²) in [7, 11) is -7.90. The number of guanidine groups is 2. The summed E-state index contributed by atoms with van der Waals surface area (Å²) in [6, 6.07) is 0. The third kappa shape index (κ3) is 92.7. The first-order chi connectivity index (χ1) is 12.1. The van der Waals surface area contributed by atoms with Crippen molar-refractivity contribution in [2.45, 2.75) is 0 Å². The molecule has 0 spiro atoms. The SMILES string of the molecule is CN(CC(=O)O)C(=N)N.CN(CC(=O)O)C(=N)N.O=P([O-])([O-])[O-].O=P([O-])([O-])[O-].[Zn+2].[Zn+2].[Zn+2]. The molecule has 0 aliphatic rings. The van der Waals surface area contributed by atoms with Crippen molar-refractivity contribution in [1.82, 2.24) is 9.80 Å². The molecule has 18 nitrogen and oxygen atoms in total. The van der Waals surface area contributed by atoms with Gasteiger partial charge < -0.3 is 70.0 Å². The maximum Gasteiger partial charge on any atom is 2.00 e. The van der Waals surface area contributed by atoms with E-state index in [0.717, 1.165) is 9.80 Å². The second kappa shape index (κ2) is 24.2. The Kier molecular flexibility index (Phi) is 37.6. The molecule has 0 aromatic carbocycles. The molecule has 0 aliphatic carbocycles. The summed E-state index contributed by atoms with van der Waals surface area (Å²) in [4.78, 5) is 73.4. The van der Waals surface area contributed by atoms with Crippen molar-refractivity contribution in [3.8, 4) is 0 Å². The number of hydrogen-bond acceptors (Lipinski definition) is 12. The Morgan fingerprint density at radius 2 is 0.871 bits per heavy atom. The summed E-state index contributed by atoms with van der Waals surface area (Å²) >= 11 is 0. The molecule has 31 heavy (non-hydrogen) atoms. The average Bonchev–Trinajstić information content (AvgIpc) is 2.33. The maximum atomic E-state index is 9.92. The fourth-order valence-electron chi connectivity index (χ4n) is 0.576. The Hall–Kier alpha value is -0.430. The number of carboxylic acid groups (broad SMARTS) is 2. The number of likely N-dealkylation sites (N-methyl/N-ethyl adjacent to an activating group) is 2. The van der Waals surface area contributed by atoms with Gasteiger partial charge in [0, 0.05) is 14.1 Å². The van der Waals surface area contributed by atoms with Gasteiger partial charge in [-0.2, -0.15) is 15.6 Å². The van der Waals surface area contributed by atoms with Crippen molar-refractivity contribution in [3.05, 3.63) is 0 Å². The van der Waals surface area contributed by atoms with Crippen LogP contribution < -0.4 is 40.8 Å². The van der Waals surface area contributed by atoms with Gasteiger partial charge in [-0.3, -0.25) is 20.4 Å². The molecule has 0 aromatic heterocycles. The molecule has 0 amide bonds. The van der Waals surface area contributed by atoms with Crippen LogP contribution in [0.1, 0.15) is 0 Å². The monoisotopic (exact) mass is 644 g/mol. The topological polar surface area (TPSA) is 353 Å². The Bertz CT molecular complexity index is 549. The zero-order valence-corrected chi connectivity index (χ0v) is 27.1. The van der Waals surface area contributed by atoms with Gasteiger partial charge in [0.15, 0.2) is 11.9 Å². The van der Waals surface area contributed by atoms with Crippen molar-refractivity contribution in [2.75, 3.05) is 27.2 Å². The maximum absolute atomic E-state index is 9.92. The van der Waals surface area contributed by atoms with Crippen LogP contribution in [0.5, 0.6) is 0 Å². The quantitative estimate of drug-likeness (QED) is 0.0713. The number of rotatable bonds is 4. The first kappa shape index (κ1) is 48.1. The van der Waals surface area contributed by atoms with Crippen LogP contribution in [0.15, 0.2) is 0 Å². The Labute approximate surface area is 214 Å². The van der Waals surface area contributed by atoms with E-state index in [2.05, 4.69) is 0 Å². The number of nitrogens with one attached hydrogen (secondary N) is 2. The average molecular weight is 648 g/mol. The van der Waals surface area contributed by atoms with Crippen LogP contribution in [-0.2, 0) is 77.2 Å². The Morgan fingerprint density at radius 3 is 0.903 bits per heavy atom. The molecule has 0 aromatic rings. The number of aliphatic carboxylic acids is 2. The molecule has 0 heterocycles. The minimum absolute atomic E-state index is 0. The van der Waals surface area contributed by atoms with Crippen LogP contribution in [0.3, 0.4) is 0 Å². The van der Waals surface area contributed by atoms with E-state index in [1.165, 1.54) is 14.1 Å². The van der Waals surface area contributed by atoms with Gasteiger partial charge in [0.1, 0.15) is 13.1 Å². The Morgan fingerprint density at radius 1 is 0.742 bits per heavy atom. The van der Waals surface area contributed by atoms with E-state index in [9.17, 15) is 9.59 Å². The third-order valence-electron chi connectivity index (χ3n) is 1.57. The molecule has 0 aliphatic heterocycles. The van der Waals surface area contributed by atoms with Gasteiger partial charge in [0.25, 0.3) is 0 Å². The van der Waals surface area contributed by atoms with Gasteiger partial charge in [0.2, 0.25) is 0 Å². The number of nitrogens with two attached hydrogens (primary N) is 2. The number of carboxylic acids is 2. The van der Waals surface area contributed by atoms with Crippen LogP contribution in [-0.4, -0.2) is 71.1 Å². The van der Waals surface area contributed by atoms with E-state index >= 15 is 0 Å². The van der Waals surface area contributed by atoms with Gasteiger partial charge in [-0.1, -0.05) is 0 Å². The van der Waals surface area contributed by atoms with Gasteiger partial charge >= 0.3 is 70.4 Å². The van der Waals surface area contributed by atoms with E-state index in [0.29, 0.717) is 0 Å². The van der Waals surface area contributed by atoms with Gasteiger partial charge in [0.05, 0.1) is 0 Å². The van der Waals surface area contributed by atoms with Crippen molar-refractivity contribution >= 4 is 39.5 Å². The zero-order valence-electron chi connectivity index (χ0n) is 16.5. The number of carbonyl (C=O) groups is 2. The van der Waals surface area contributed by atoms with Crippen molar-refractivity contribution < 1.29 is 117 Å². The van der Waals surface area contributed by atoms with Crippen LogP contribution in [0.2, 0.25) is 0 Å². The normalized spacial score (nSPS) is 8.77. The van der Waals surface area contributed by atoms with Crippen LogP contribution >= 0.6 is 15.6 Å². The largest absolute Gasteiger partial charge is 2.00 e. The fourth-order valence-corrected chi connectivity index (χ4v) is 0.576. The van der Waals surface area contributed by atoms with Crippen LogP contribution in [0.25, 0.3) is 0 Å². The second-order valence-corrected chi connectivity index (χ2v) is 5.95. The van der Waals surface area contributed by atoms with Crippen LogP contribution in [0.4, 0.5) is 0 Å². The molecule has 0 fully saturated rings. The summed E-state index contributed by atoms with van der Waals surface area (Å²) < 4.78 is 17.1. The van der Waals surface area contributed by atoms with E-state index in [4.69, 9.17) is 71.0 Å². The molecular weight excluding hydrogens is 630 g/mol. The zero-order chi connectivity index (χ0) is 23.9. The summed E-state index contributed by atoms with van der Waals surface area (Å²) in [5.74, 6) is -2.46. The molecule has 23 heteroatoms. The third-order valence-corrected chi connectivity index (χ3v) is 1.57. The van der Waals surface area contributed by atoms with Gasteiger partial charge in [-0.15, -0.1) is 0 Å². The molecule has 8 N–H and O–H groups in total. The van der Waals surface area contributed by atoms with E-state index < -0.39 is 27.6 Å². The van der Waals surface area contributed by atoms with E-state index in [1.54, 1.807) is 0 Å². The number of hydrogen-bond donors (Lipinski definition) is 6. The fraction of sp³-hybridized carbons (Fsp3) is 0.500. The first-order valence-electron chi connectivity index (χ1n) is 6.07. The van der Waals surface area contributed by atoms with E-state index in [-0.39, 0.29) is 83.4 Å². The Balaban J connectivity index is -0.0000000497. The summed E-state index contributed by atoms with van der Waals surface area (Å²) in [6.45, 7) is -0.454.